The summed E-state index contributed by atoms with van der Waals surface area (Å²) in [6, 6.07) is 3.64. The lowest BCUT2D eigenvalue weighted by Crippen LogP contribution is -2.48. The van der Waals surface area contributed by atoms with Crippen molar-refractivity contribution in [2.75, 3.05) is 26.2 Å². The van der Waals surface area contributed by atoms with Gasteiger partial charge in [0.2, 0.25) is 0 Å². The first kappa shape index (κ1) is 15.3. The van der Waals surface area contributed by atoms with Gasteiger partial charge in [-0.05, 0) is 17.9 Å². The van der Waals surface area contributed by atoms with Gasteiger partial charge in [0, 0.05) is 37.8 Å². The molecule has 0 amide bonds. The maximum atomic E-state index is 14.0. The molecule has 3 nitrogen and oxygen atoms in total. The molecule has 112 valence electrons. The third-order valence-corrected chi connectivity index (χ3v) is 3.97. The van der Waals surface area contributed by atoms with Crippen molar-refractivity contribution >= 4 is 0 Å². The number of hydrogen-bond acceptors (Lipinski definition) is 3. The summed E-state index contributed by atoms with van der Waals surface area (Å²) in [4.78, 5) is 2.33. The largest absolute Gasteiger partial charge is 0.505 e. The number of piperazine rings is 1. The summed E-state index contributed by atoms with van der Waals surface area (Å²) in [7, 11) is 0. The van der Waals surface area contributed by atoms with Gasteiger partial charge in [0.05, 0.1) is 0 Å². The number of aryl methyl sites for hydroxylation is 1. The number of aromatic hydroxyl groups is 1. The molecule has 0 bridgehead atoms. The van der Waals surface area contributed by atoms with Gasteiger partial charge in [0.15, 0.2) is 11.6 Å². The Bertz CT molecular complexity index is 476. The van der Waals surface area contributed by atoms with Crippen molar-refractivity contribution in [3.8, 4) is 5.75 Å². The van der Waals surface area contributed by atoms with Crippen molar-refractivity contribution in [2.24, 2.45) is 5.41 Å². The van der Waals surface area contributed by atoms with Gasteiger partial charge in [-0.15, -0.1) is 0 Å². The smallest absolute Gasteiger partial charge is 0.168 e. The van der Waals surface area contributed by atoms with Crippen LogP contribution >= 0.6 is 0 Å². The molecule has 0 spiro atoms. The highest BCUT2D eigenvalue weighted by Crippen LogP contribution is 2.42. The minimum atomic E-state index is -0.494. The van der Waals surface area contributed by atoms with Crippen molar-refractivity contribution < 1.29 is 9.50 Å². The average Bonchev–Trinajstić information content (AvgIpc) is 2.39. The molecule has 4 heteroatoms. The van der Waals surface area contributed by atoms with E-state index >= 15 is 0 Å². The van der Waals surface area contributed by atoms with Gasteiger partial charge < -0.3 is 10.4 Å². The molecule has 1 atom stereocenters. The molecule has 2 N–H and O–H groups in total. The van der Waals surface area contributed by atoms with Crippen LogP contribution in [0.25, 0.3) is 0 Å². The third kappa shape index (κ3) is 2.96. The molecule has 1 saturated heterocycles. The molecule has 0 aromatic heterocycles. The Hall–Kier alpha value is -1.13. The first-order chi connectivity index (χ1) is 9.32. The van der Waals surface area contributed by atoms with Crippen LogP contribution in [0.4, 0.5) is 4.39 Å². The van der Waals surface area contributed by atoms with Crippen molar-refractivity contribution in [1.29, 1.82) is 0 Å². The summed E-state index contributed by atoms with van der Waals surface area (Å²) in [5.74, 6) is -0.685. The number of hydrogen-bond donors (Lipinski definition) is 2. The molecule has 20 heavy (non-hydrogen) atoms. The van der Waals surface area contributed by atoms with Gasteiger partial charge >= 0.3 is 0 Å². The molecular weight excluding hydrogens is 255 g/mol. The van der Waals surface area contributed by atoms with E-state index in [4.69, 9.17) is 0 Å². The van der Waals surface area contributed by atoms with E-state index in [0.717, 1.165) is 26.2 Å². The Morgan fingerprint density at radius 2 is 1.85 bits per heavy atom. The summed E-state index contributed by atoms with van der Waals surface area (Å²) >= 11 is 0. The van der Waals surface area contributed by atoms with Crippen molar-refractivity contribution in [2.45, 2.75) is 33.7 Å². The van der Waals surface area contributed by atoms with Gasteiger partial charge in [-0.3, -0.25) is 4.90 Å². The summed E-state index contributed by atoms with van der Waals surface area (Å²) in [6.45, 7) is 11.8. The zero-order chi connectivity index (χ0) is 14.9. The van der Waals surface area contributed by atoms with E-state index in [-0.39, 0.29) is 17.2 Å². The maximum Gasteiger partial charge on any atom is 0.168 e. The fourth-order valence-corrected chi connectivity index (χ4v) is 3.05. The van der Waals surface area contributed by atoms with Crippen LogP contribution in [0.15, 0.2) is 12.1 Å². The number of nitrogens with zero attached hydrogens (tertiary/aromatic N) is 1. The fraction of sp³-hybridized carbons (Fsp3) is 0.625. The molecule has 1 aromatic rings. The van der Waals surface area contributed by atoms with Gasteiger partial charge in [-0.1, -0.05) is 32.9 Å². The lowest BCUT2D eigenvalue weighted by atomic mass is 9.80. The van der Waals surface area contributed by atoms with Gasteiger partial charge in [0.1, 0.15) is 0 Å². The highest BCUT2D eigenvalue weighted by atomic mass is 19.1. The molecule has 1 aliphatic heterocycles. The predicted octanol–water partition coefficient (Wildman–Crippen LogP) is 2.83. The van der Waals surface area contributed by atoms with E-state index in [1.165, 1.54) is 0 Å². The molecule has 1 aliphatic rings. The molecule has 0 saturated carbocycles. The topological polar surface area (TPSA) is 35.5 Å². The van der Waals surface area contributed by atoms with E-state index in [1.54, 1.807) is 13.0 Å². The predicted molar refractivity (Wildman–Crippen MR) is 79.4 cm³/mol. The highest BCUT2D eigenvalue weighted by Gasteiger charge is 2.35. The molecule has 1 aromatic carbocycles. The minimum Gasteiger partial charge on any atom is -0.505 e. The SMILES string of the molecule is Cc1ccc([C@H](N2CCNCC2)C(C)(C)C)c(O)c1F. The van der Waals surface area contributed by atoms with Crippen molar-refractivity contribution in [1.82, 2.24) is 10.2 Å². The Morgan fingerprint density at radius 1 is 1.25 bits per heavy atom. The summed E-state index contributed by atoms with van der Waals surface area (Å²) < 4.78 is 14.0. The number of phenolic OH excluding ortho intramolecular Hbond substituents is 1. The van der Waals surface area contributed by atoms with Crippen LogP contribution in [-0.4, -0.2) is 36.2 Å². The zero-order valence-corrected chi connectivity index (χ0v) is 12.8. The second-order valence-corrected chi connectivity index (χ2v) is 6.69. The van der Waals surface area contributed by atoms with Crippen molar-refractivity contribution in [3.63, 3.8) is 0 Å². The Balaban J connectivity index is 2.44. The molecule has 2 rings (SSSR count). The Morgan fingerprint density at radius 3 is 2.40 bits per heavy atom. The standard InChI is InChI=1S/C16H25FN2O/c1-11-5-6-12(14(20)13(11)17)15(16(2,3)4)19-9-7-18-8-10-19/h5-6,15,18,20H,7-10H2,1-4H3/t15-/m0/s1. The molecule has 1 fully saturated rings. The number of rotatable bonds is 2. The quantitative estimate of drug-likeness (QED) is 0.874. The van der Waals surface area contributed by atoms with Gasteiger partial charge in [-0.2, -0.15) is 0 Å². The second-order valence-electron chi connectivity index (χ2n) is 6.69. The normalized spacial score (nSPS) is 19.1. The molecular formula is C16H25FN2O. The van der Waals surface area contributed by atoms with Crippen LogP contribution in [0.1, 0.15) is 37.9 Å². The van der Waals surface area contributed by atoms with Gasteiger partial charge in [-0.25, -0.2) is 4.39 Å². The van der Waals surface area contributed by atoms with Crippen LogP contribution in [0.3, 0.4) is 0 Å². The summed E-state index contributed by atoms with van der Waals surface area (Å²) in [5.41, 5.74) is 1.11. The number of phenols is 1. The minimum absolute atomic E-state index is 0.0136. The molecule has 0 unspecified atom stereocenters. The highest BCUT2D eigenvalue weighted by molar-refractivity contribution is 5.40. The number of nitrogens with one attached hydrogen (secondary N) is 1. The first-order valence-electron chi connectivity index (χ1n) is 7.25. The fourth-order valence-electron chi connectivity index (χ4n) is 3.05. The average molecular weight is 280 g/mol. The van der Waals surface area contributed by atoms with E-state index in [1.807, 2.05) is 6.07 Å². The van der Waals surface area contributed by atoms with Gasteiger partial charge in [0.25, 0.3) is 0 Å². The Labute approximate surface area is 120 Å². The summed E-state index contributed by atoms with van der Waals surface area (Å²) in [5, 5.41) is 13.6. The third-order valence-electron chi connectivity index (χ3n) is 3.97. The van der Waals surface area contributed by atoms with Crippen LogP contribution in [0.2, 0.25) is 0 Å². The van der Waals surface area contributed by atoms with Crippen LogP contribution in [-0.2, 0) is 0 Å². The van der Waals surface area contributed by atoms with Crippen LogP contribution in [0, 0.1) is 18.2 Å². The van der Waals surface area contributed by atoms with Crippen LogP contribution in [0.5, 0.6) is 5.75 Å². The number of halogens is 1. The second kappa shape index (κ2) is 5.70. The van der Waals surface area contributed by atoms with E-state index in [2.05, 4.69) is 31.0 Å². The lowest BCUT2D eigenvalue weighted by molar-refractivity contribution is 0.0838. The first-order valence-corrected chi connectivity index (χ1v) is 7.25. The van der Waals surface area contributed by atoms with E-state index in [9.17, 15) is 9.50 Å². The van der Waals surface area contributed by atoms with Crippen molar-refractivity contribution in [3.05, 3.63) is 29.1 Å². The molecule has 1 heterocycles. The maximum absolute atomic E-state index is 14.0. The lowest BCUT2D eigenvalue weighted by Gasteiger charge is -2.42. The molecule has 0 aliphatic carbocycles. The Kier molecular flexibility index (Phi) is 4.35. The monoisotopic (exact) mass is 280 g/mol. The van der Waals surface area contributed by atoms with E-state index in [0.29, 0.717) is 11.1 Å². The summed E-state index contributed by atoms with van der Waals surface area (Å²) in [6.07, 6.45) is 0. The zero-order valence-electron chi connectivity index (χ0n) is 12.8. The number of benzene rings is 1. The van der Waals surface area contributed by atoms with E-state index < -0.39 is 5.82 Å². The van der Waals surface area contributed by atoms with Crippen LogP contribution < -0.4 is 5.32 Å². The molecule has 0 radical (unpaired) electrons.